The average molecular weight is 164 g/mol. The van der Waals surface area contributed by atoms with E-state index >= 15 is 0 Å². The van der Waals surface area contributed by atoms with Gasteiger partial charge in [0.1, 0.15) is 0 Å². The highest BCUT2D eigenvalue weighted by Crippen LogP contribution is 2.28. The van der Waals surface area contributed by atoms with Crippen molar-refractivity contribution in [3.8, 4) is 0 Å². The van der Waals surface area contributed by atoms with E-state index in [1.54, 1.807) is 0 Å². The molecule has 0 heterocycles. The Morgan fingerprint density at radius 3 is 2.44 bits per heavy atom. The summed E-state index contributed by atoms with van der Waals surface area (Å²) in [6, 6.07) is 0. The van der Waals surface area contributed by atoms with Crippen LogP contribution in [-0.2, 0) is 0 Å². The van der Waals surface area contributed by atoms with Crippen molar-refractivity contribution in [2.45, 2.75) is 38.9 Å². The Balaban J connectivity index is 2.88. The molecule has 1 unspecified atom stereocenters. The van der Waals surface area contributed by atoms with Gasteiger partial charge in [-0.05, 0) is 12.8 Å². The third-order valence-electron chi connectivity index (χ3n) is 1.09. The molecule has 2 heteroatoms. The molecule has 0 spiro atoms. The van der Waals surface area contributed by atoms with Crippen LogP contribution < -0.4 is 0 Å². The van der Waals surface area contributed by atoms with Crippen LogP contribution in [0.4, 0.5) is 0 Å². The minimum absolute atomic E-state index is 0.835. The van der Waals surface area contributed by atoms with Crippen molar-refractivity contribution < 1.29 is 0 Å². The van der Waals surface area contributed by atoms with Gasteiger partial charge in [0.25, 0.3) is 0 Å². The van der Waals surface area contributed by atoms with Gasteiger partial charge >= 0.3 is 0 Å². The normalized spacial score (nSPS) is 13.7. The third-order valence-corrected chi connectivity index (χ3v) is 4.36. The molecule has 0 saturated heterocycles. The van der Waals surface area contributed by atoms with E-state index in [-0.39, 0.29) is 0 Å². The molecule has 0 aromatic heterocycles. The lowest BCUT2D eigenvalue weighted by Gasteiger charge is -2.04. The third kappa shape index (κ3) is 6.59. The highest BCUT2D eigenvalue weighted by molar-refractivity contribution is 8.76. The molecular weight excluding hydrogens is 148 g/mol. The molecule has 0 aliphatic heterocycles. The van der Waals surface area contributed by atoms with E-state index in [9.17, 15) is 0 Å². The minimum atomic E-state index is 0.835. The summed E-state index contributed by atoms with van der Waals surface area (Å²) in [5.41, 5.74) is 0. The minimum Gasteiger partial charge on any atom is -0.0939 e. The number of hydrogen-bond donors (Lipinski definition) is 0. The topological polar surface area (TPSA) is 0 Å². The largest absolute Gasteiger partial charge is 0.0939 e. The van der Waals surface area contributed by atoms with Crippen LogP contribution in [0, 0.1) is 0 Å². The maximum Gasteiger partial charge on any atom is 0.0120 e. The van der Waals surface area contributed by atoms with Gasteiger partial charge in [-0.2, -0.15) is 0 Å². The van der Waals surface area contributed by atoms with Crippen molar-refractivity contribution in [1.29, 1.82) is 0 Å². The Kier molecular flexibility index (Phi) is 7.34. The zero-order valence-corrected chi connectivity index (χ0v) is 8.15. The second-order valence-corrected chi connectivity index (χ2v) is 5.06. The first-order valence-electron chi connectivity index (χ1n) is 3.59. The van der Waals surface area contributed by atoms with Crippen LogP contribution in [0.3, 0.4) is 0 Å². The van der Waals surface area contributed by atoms with Gasteiger partial charge in [0.05, 0.1) is 0 Å². The number of rotatable bonds is 5. The summed E-state index contributed by atoms with van der Waals surface area (Å²) in [5.74, 6) is 1.30. The van der Waals surface area contributed by atoms with Crippen LogP contribution in [0.5, 0.6) is 0 Å². The standard InChI is InChI=1S/C7H16S2/c1-4-6-8-9-7(3)5-2/h7H,4-6H2,1-3H3. The summed E-state index contributed by atoms with van der Waals surface area (Å²) in [7, 11) is 4.02. The summed E-state index contributed by atoms with van der Waals surface area (Å²) in [5, 5.41) is 0.835. The van der Waals surface area contributed by atoms with Crippen LogP contribution in [0.15, 0.2) is 0 Å². The fourth-order valence-electron chi connectivity index (χ4n) is 0.316. The van der Waals surface area contributed by atoms with Gasteiger partial charge in [0.2, 0.25) is 0 Å². The van der Waals surface area contributed by atoms with Crippen molar-refractivity contribution in [3.63, 3.8) is 0 Å². The van der Waals surface area contributed by atoms with Crippen molar-refractivity contribution >= 4 is 21.6 Å². The predicted molar refractivity (Wildman–Crippen MR) is 50.1 cm³/mol. The lowest BCUT2D eigenvalue weighted by molar-refractivity contribution is 0.912. The van der Waals surface area contributed by atoms with E-state index in [0.717, 1.165) is 5.25 Å². The smallest absolute Gasteiger partial charge is 0.0120 e. The summed E-state index contributed by atoms with van der Waals surface area (Å²) in [4.78, 5) is 0. The van der Waals surface area contributed by atoms with Crippen LogP contribution in [0.1, 0.15) is 33.6 Å². The lowest BCUT2D eigenvalue weighted by Crippen LogP contribution is -1.88. The summed E-state index contributed by atoms with van der Waals surface area (Å²) in [6.07, 6.45) is 2.59. The fourth-order valence-corrected chi connectivity index (χ4v) is 2.84. The summed E-state index contributed by atoms with van der Waals surface area (Å²) in [6.45, 7) is 6.75. The van der Waals surface area contributed by atoms with Gasteiger partial charge < -0.3 is 0 Å². The molecule has 0 bridgehead atoms. The SMILES string of the molecule is CCCSSC(C)CC. The Bertz CT molecular complexity index is 54.9. The molecule has 0 aromatic carbocycles. The molecule has 0 amide bonds. The van der Waals surface area contributed by atoms with Crippen LogP contribution >= 0.6 is 21.6 Å². The van der Waals surface area contributed by atoms with E-state index in [0.29, 0.717) is 0 Å². The zero-order valence-electron chi connectivity index (χ0n) is 6.52. The molecule has 0 fully saturated rings. The van der Waals surface area contributed by atoms with E-state index in [1.165, 1.54) is 18.6 Å². The van der Waals surface area contributed by atoms with Gasteiger partial charge in [-0.15, -0.1) is 0 Å². The molecule has 0 N–H and O–H groups in total. The number of hydrogen-bond acceptors (Lipinski definition) is 2. The zero-order chi connectivity index (χ0) is 7.11. The highest BCUT2D eigenvalue weighted by atomic mass is 33.1. The first-order valence-corrected chi connectivity index (χ1v) is 5.97. The van der Waals surface area contributed by atoms with Crippen LogP contribution in [-0.4, -0.2) is 11.0 Å². The van der Waals surface area contributed by atoms with E-state index in [2.05, 4.69) is 20.8 Å². The van der Waals surface area contributed by atoms with E-state index < -0.39 is 0 Å². The highest BCUT2D eigenvalue weighted by Gasteiger charge is 1.96. The maximum atomic E-state index is 2.29. The second kappa shape index (κ2) is 6.81. The van der Waals surface area contributed by atoms with Crippen LogP contribution in [0.2, 0.25) is 0 Å². The predicted octanol–water partition coefficient (Wildman–Crippen LogP) is 3.58. The Morgan fingerprint density at radius 2 is 2.00 bits per heavy atom. The van der Waals surface area contributed by atoms with Gasteiger partial charge in [-0.3, -0.25) is 0 Å². The van der Waals surface area contributed by atoms with Crippen molar-refractivity contribution in [2.24, 2.45) is 0 Å². The Labute approximate surface area is 66.6 Å². The molecule has 9 heavy (non-hydrogen) atoms. The molecular formula is C7H16S2. The first-order chi connectivity index (χ1) is 4.31. The van der Waals surface area contributed by atoms with Gasteiger partial charge in [-0.25, -0.2) is 0 Å². The maximum absolute atomic E-state index is 2.29. The molecule has 0 aliphatic rings. The van der Waals surface area contributed by atoms with Gasteiger partial charge in [0, 0.05) is 11.0 Å². The molecule has 0 nitrogen and oxygen atoms in total. The average Bonchev–Trinajstić information content (AvgIpc) is 1.89. The molecule has 0 radical (unpaired) electrons. The first kappa shape index (κ1) is 9.70. The van der Waals surface area contributed by atoms with Crippen molar-refractivity contribution in [1.82, 2.24) is 0 Å². The van der Waals surface area contributed by atoms with E-state index in [1.807, 2.05) is 21.6 Å². The van der Waals surface area contributed by atoms with E-state index in [4.69, 9.17) is 0 Å². The van der Waals surface area contributed by atoms with Crippen LogP contribution in [0.25, 0.3) is 0 Å². The fraction of sp³-hybridized carbons (Fsp3) is 1.00. The lowest BCUT2D eigenvalue weighted by atomic mass is 10.4. The molecule has 56 valence electrons. The van der Waals surface area contributed by atoms with Crippen molar-refractivity contribution in [2.75, 3.05) is 5.75 Å². The second-order valence-electron chi connectivity index (χ2n) is 2.14. The molecule has 0 rings (SSSR count). The summed E-state index contributed by atoms with van der Waals surface area (Å²) >= 11 is 0. The molecule has 1 atom stereocenters. The Hall–Kier alpha value is 0.700. The van der Waals surface area contributed by atoms with Crippen molar-refractivity contribution in [3.05, 3.63) is 0 Å². The van der Waals surface area contributed by atoms with Gasteiger partial charge in [-0.1, -0.05) is 42.4 Å². The molecule has 0 aliphatic carbocycles. The van der Waals surface area contributed by atoms with Gasteiger partial charge in [0.15, 0.2) is 0 Å². The summed E-state index contributed by atoms with van der Waals surface area (Å²) < 4.78 is 0. The Morgan fingerprint density at radius 1 is 1.33 bits per heavy atom. The quantitative estimate of drug-likeness (QED) is 0.450. The molecule has 0 aromatic rings. The monoisotopic (exact) mass is 164 g/mol. The molecule has 0 saturated carbocycles.